The Bertz CT molecular complexity index is 1930. The van der Waals surface area contributed by atoms with Crippen LogP contribution in [0.25, 0.3) is 0 Å². The molecule has 2 amide bonds. The molecule has 0 spiro atoms. The number of nitrogens with one attached hydrogen (secondary N) is 1. The summed E-state index contributed by atoms with van der Waals surface area (Å²) in [5, 5.41) is 4.04. The van der Waals surface area contributed by atoms with Gasteiger partial charge in [-0.15, -0.1) is 0 Å². The molecule has 0 saturated carbocycles. The van der Waals surface area contributed by atoms with Gasteiger partial charge in [0.2, 0.25) is 0 Å². The van der Waals surface area contributed by atoms with Crippen LogP contribution in [0.3, 0.4) is 0 Å². The molecule has 0 aliphatic carbocycles. The Hall–Kier alpha value is -3.73. The quantitative estimate of drug-likeness (QED) is 0.0332. The van der Waals surface area contributed by atoms with Crippen LogP contribution in [0.15, 0.2) is 97.1 Å². The fourth-order valence-corrected chi connectivity index (χ4v) is 6.76. The number of hydrogen-bond donors (Lipinski definition) is 2. The van der Waals surface area contributed by atoms with Gasteiger partial charge in [0.05, 0.1) is 26.7 Å². The maximum atomic E-state index is 12.4. The number of benzene rings is 4. The topological polar surface area (TPSA) is 97.1 Å². The summed E-state index contributed by atoms with van der Waals surface area (Å²) in [6.45, 7) is 20.2. The smallest absolute Gasteiger partial charge is 0.410 e. The van der Waals surface area contributed by atoms with Crippen LogP contribution in [0.4, 0.5) is 27.2 Å². The highest BCUT2D eigenvalue weighted by molar-refractivity contribution is 14.1. The Morgan fingerprint density at radius 3 is 1.15 bits per heavy atom. The second-order valence-electron chi connectivity index (χ2n) is 19.2. The third kappa shape index (κ3) is 37.9. The van der Waals surface area contributed by atoms with E-state index in [2.05, 4.69) is 155 Å². The summed E-state index contributed by atoms with van der Waals surface area (Å²) >= 11 is 5.56. The first-order valence-electron chi connectivity index (χ1n) is 25.2. The van der Waals surface area contributed by atoms with E-state index in [1.54, 1.807) is 9.80 Å². The first kappa shape index (κ1) is 68.3. The zero-order valence-corrected chi connectivity index (χ0v) is 48.7. The lowest BCUT2D eigenvalue weighted by Gasteiger charge is -2.27. The molecule has 0 heterocycles. The first-order valence-corrected chi connectivity index (χ1v) is 27.9. The van der Waals surface area contributed by atoms with Crippen molar-refractivity contribution in [1.29, 1.82) is 0 Å². The summed E-state index contributed by atoms with van der Waals surface area (Å²) in [7, 11) is 0. The molecule has 0 saturated heterocycles. The molecule has 0 fully saturated rings. The van der Waals surface area contributed by atoms with Gasteiger partial charge < -0.3 is 30.3 Å². The average Bonchev–Trinajstić information content (AvgIpc) is 3.33. The van der Waals surface area contributed by atoms with Gasteiger partial charge in [0.1, 0.15) is 11.2 Å². The number of aryl methyl sites for hydroxylation is 3. The summed E-state index contributed by atoms with van der Waals surface area (Å²) in [5.41, 5.74) is 14.3. The summed E-state index contributed by atoms with van der Waals surface area (Å²) in [6, 6.07) is 33.5. The van der Waals surface area contributed by atoms with E-state index in [0.29, 0.717) is 51.9 Å². The second-order valence-corrected chi connectivity index (χ2v) is 20.9. The van der Waals surface area contributed by atoms with Crippen molar-refractivity contribution in [3.63, 3.8) is 0 Å². The molecule has 14 heteroatoms. The van der Waals surface area contributed by atoms with Crippen LogP contribution in [0.1, 0.15) is 112 Å². The van der Waals surface area contributed by atoms with Gasteiger partial charge in [-0.1, -0.05) is 152 Å². The molecule has 3 N–H and O–H groups in total. The van der Waals surface area contributed by atoms with E-state index in [0.717, 1.165) is 66.2 Å². The number of carbonyl (C=O) groups excluding carboxylic acids is 2. The highest BCUT2D eigenvalue weighted by atomic mass is 127. The van der Waals surface area contributed by atoms with Crippen molar-refractivity contribution in [3.8, 4) is 0 Å². The number of amides is 2. The van der Waals surface area contributed by atoms with Gasteiger partial charge >= 0.3 is 12.2 Å². The zero-order valence-electron chi connectivity index (χ0n) is 45.0. The Balaban J connectivity index is 0.000000933. The first-order chi connectivity index (χ1) is 34.2. The molecule has 0 aliphatic rings. The van der Waals surface area contributed by atoms with E-state index < -0.39 is 24.6 Å². The molecular formula is C58H88BrF4IN4O4. The lowest BCUT2D eigenvalue weighted by atomic mass is 10.1. The third-order valence-corrected chi connectivity index (χ3v) is 11.5. The number of ether oxygens (including phenoxy) is 2. The molecular weight excluding hydrogens is 1100 g/mol. The molecule has 0 aromatic heterocycles. The van der Waals surface area contributed by atoms with Crippen molar-refractivity contribution in [2.24, 2.45) is 5.73 Å². The number of carbonyl (C=O) groups is 2. The van der Waals surface area contributed by atoms with Gasteiger partial charge in [-0.3, -0.25) is 17.6 Å². The minimum absolute atomic E-state index is 0.164. The van der Waals surface area contributed by atoms with Crippen LogP contribution in [0.5, 0.6) is 0 Å². The third-order valence-electron chi connectivity index (χ3n) is 10.1. The normalized spacial score (nSPS) is 10.7. The molecule has 0 bridgehead atoms. The fraction of sp³-hybridized carbons (Fsp3) is 0.552. The van der Waals surface area contributed by atoms with E-state index in [4.69, 9.17) is 15.2 Å². The Kier molecular flexibility index (Phi) is 39.4. The lowest BCUT2D eigenvalue weighted by molar-refractivity contribution is 0.0236. The summed E-state index contributed by atoms with van der Waals surface area (Å²) < 4.78 is 59.2. The molecule has 8 nitrogen and oxygen atoms in total. The lowest BCUT2D eigenvalue weighted by Crippen LogP contribution is -2.38. The zero-order chi connectivity index (χ0) is 54.2. The van der Waals surface area contributed by atoms with Gasteiger partial charge in [0, 0.05) is 35.9 Å². The number of rotatable bonds is 23. The molecule has 0 aliphatic heterocycles. The largest absolute Gasteiger partial charge is 0.444 e. The molecule has 72 heavy (non-hydrogen) atoms. The van der Waals surface area contributed by atoms with E-state index in [1.807, 2.05) is 48.5 Å². The van der Waals surface area contributed by atoms with E-state index in [-0.39, 0.29) is 25.5 Å². The van der Waals surface area contributed by atoms with Gasteiger partial charge in [-0.05, 0) is 161 Å². The van der Waals surface area contributed by atoms with Crippen molar-refractivity contribution >= 4 is 50.7 Å². The van der Waals surface area contributed by atoms with Gasteiger partial charge in [0.25, 0.3) is 0 Å². The summed E-state index contributed by atoms with van der Waals surface area (Å²) in [6.07, 6.45) is 4.73. The maximum absolute atomic E-state index is 12.4. The summed E-state index contributed by atoms with van der Waals surface area (Å²) in [5.74, 6) is 0. The molecule has 406 valence electrons. The minimum atomic E-state index is -0.539. The molecule has 0 unspecified atom stereocenters. The van der Waals surface area contributed by atoms with E-state index in [9.17, 15) is 27.2 Å². The van der Waals surface area contributed by atoms with E-state index >= 15 is 0 Å². The van der Waals surface area contributed by atoms with Crippen molar-refractivity contribution in [3.05, 3.63) is 142 Å². The monoisotopic (exact) mass is 1190 g/mol. The van der Waals surface area contributed by atoms with Crippen LogP contribution in [0.2, 0.25) is 0 Å². The van der Waals surface area contributed by atoms with Crippen molar-refractivity contribution in [2.45, 2.75) is 130 Å². The molecule has 0 radical (unpaired) electrons. The number of alkyl halides is 6. The number of halogens is 6. The predicted octanol–water partition coefficient (Wildman–Crippen LogP) is 14.6. The Morgan fingerprint density at radius 2 is 0.847 bits per heavy atom. The van der Waals surface area contributed by atoms with E-state index in [1.165, 1.54) is 33.4 Å². The number of hydrogen-bond acceptors (Lipinski definition) is 6. The highest BCUT2D eigenvalue weighted by Crippen LogP contribution is 2.15. The predicted molar refractivity (Wildman–Crippen MR) is 306 cm³/mol. The molecule has 4 aromatic carbocycles. The Labute approximate surface area is 454 Å². The molecule has 4 rings (SSSR count). The van der Waals surface area contributed by atoms with Gasteiger partial charge in [-0.2, -0.15) is 0 Å². The number of nitrogens with two attached hydrogens (primary N) is 1. The van der Waals surface area contributed by atoms with Gasteiger partial charge in [-0.25, -0.2) is 9.59 Å². The van der Waals surface area contributed by atoms with Crippen molar-refractivity contribution in [2.75, 3.05) is 76.9 Å². The SMILES string of the molecule is CC(C)(C)OC(=O)N(CCCF)CCc1ccc(CBr)cc1.Cc1ccc(CCN(CCCF)C(=O)OC(C)(C)C)cc1.Cc1ccc(CCN)cc1.Cc1ccc(CCNCCCF)cc1.FCCCI. The standard InChI is InChI=1S/C17H25BrFNO2.C17H26FNO2.C12H18FN.C9H13N.C3H6FI/c1-17(2,3)22-16(21)20(11-4-10-19)12-9-14-5-7-15(13-18)8-6-14;1-14-6-8-15(9-7-14)10-13-19(12-5-11-18)16(20)21-17(2,3)4;1-11-3-5-12(6-4-11)7-10-14-9-2-8-13;1-8-2-4-9(5-3-8)6-7-10;4-2-1-3-5/h5-8H,4,9-13H2,1-3H3;6-9H,5,10-13H2,1-4H3;3-6,14H,2,7-10H2,1H3;2-5H,6-7,10H2,1H3;1-3H2. The highest BCUT2D eigenvalue weighted by Gasteiger charge is 2.23. The van der Waals surface area contributed by atoms with Crippen LogP contribution in [-0.4, -0.2) is 110 Å². The van der Waals surface area contributed by atoms with Crippen LogP contribution < -0.4 is 11.1 Å². The minimum Gasteiger partial charge on any atom is -0.444 e. The van der Waals surface area contributed by atoms with Crippen LogP contribution in [0, 0.1) is 20.8 Å². The summed E-state index contributed by atoms with van der Waals surface area (Å²) in [4.78, 5) is 27.5. The van der Waals surface area contributed by atoms with Crippen molar-refractivity contribution < 1.29 is 36.6 Å². The maximum Gasteiger partial charge on any atom is 0.410 e. The van der Waals surface area contributed by atoms with Crippen LogP contribution in [-0.2, 0) is 40.5 Å². The van der Waals surface area contributed by atoms with Crippen molar-refractivity contribution in [1.82, 2.24) is 15.1 Å². The van der Waals surface area contributed by atoms with Gasteiger partial charge in [0.15, 0.2) is 0 Å². The molecule has 0 atom stereocenters. The van der Waals surface area contributed by atoms with Crippen LogP contribution >= 0.6 is 38.5 Å². The fourth-order valence-electron chi connectivity index (χ4n) is 6.10. The molecule has 4 aromatic rings. The average molecular weight is 1190 g/mol. The number of nitrogens with zero attached hydrogens (tertiary/aromatic N) is 2. The Morgan fingerprint density at radius 1 is 0.514 bits per heavy atom. The second kappa shape index (κ2) is 41.6.